The number of carbonyl (C=O) groups excluding carboxylic acids is 1. The van der Waals surface area contributed by atoms with Crippen molar-refractivity contribution < 1.29 is 9.28 Å². The summed E-state index contributed by atoms with van der Waals surface area (Å²) in [5, 5.41) is 2.94. The van der Waals surface area contributed by atoms with Gasteiger partial charge in [0.2, 0.25) is 5.91 Å². The lowest BCUT2D eigenvalue weighted by molar-refractivity contribution is -0.935. The molecule has 0 radical (unpaired) electrons. The van der Waals surface area contributed by atoms with Crippen LogP contribution in [0.1, 0.15) is 72.1 Å². The maximum absolute atomic E-state index is 11.1. The van der Waals surface area contributed by atoms with Crippen LogP contribution >= 0.6 is 0 Å². The number of nitrogens with zero attached hydrogens (tertiary/aromatic N) is 2. The molecule has 1 aliphatic heterocycles. The molecule has 0 aliphatic carbocycles. The molecular weight excluding hydrogens is 298 g/mol. The zero-order valence-electron chi connectivity index (χ0n) is 16.1. The summed E-state index contributed by atoms with van der Waals surface area (Å²) in [6, 6.07) is 0. The fraction of sp³-hybridized carbons (Fsp3) is 0.800. The van der Waals surface area contributed by atoms with E-state index in [2.05, 4.69) is 37.5 Å². The summed E-state index contributed by atoms with van der Waals surface area (Å²) in [6.07, 6.45) is 17.2. The third kappa shape index (κ3) is 7.61. The second kappa shape index (κ2) is 12.2. The number of likely N-dealkylation sites (N-methyl/N-ethyl adjacent to an activating group) is 1. The number of hydrogen-bond acceptors (Lipinski definition) is 2. The van der Waals surface area contributed by atoms with Crippen molar-refractivity contribution >= 4 is 12.1 Å². The van der Waals surface area contributed by atoms with Crippen LogP contribution in [-0.2, 0) is 4.79 Å². The highest BCUT2D eigenvalue weighted by Crippen LogP contribution is 2.23. The fourth-order valence-electron chi connectivity index (χ4n) is 3.46. The van der Waals surface area contributed by atoms with Gasteiger partial charge in [0.15, 0.2) is 6.17 Å². The fourth-order valence-corrected chi connectivity index (χ4v) is 3.46. The average molecular weight is 337 g/mol. The highest BCUT2D eigenvalue weighted by molar-refractivity contribution is 5.72. The number of allylic oxidation sites excluding steroid dienone is 2. The van der Waals surface area contributed by atoms with Gasteiger partial charge in [-0.2, -0.15) is 0 Å². The number of carbonyl (C=O) groups is 1. The smallest absolute Gasteiger partial charge is 0.217 e. The monoisotopic (exact) mass is 336 g/mol. The van der Waals surface area contributed by atoms with Gasteiger partial charge in [0, 0.05) is 13.3 Å². The molecule has 1 aliphatic rings. The molecule has 1 N–H and O–H groups in total. The topological polar surface area (TPSA) is 41.5 Å². The van der Waals surface area contributed by atoms with Crippen molar-refractivity contribution in [1.82, 2.24) is 5.32 Å². The standard InChI is InChI=1S/C20H37N3O/c1-4-6-7-8-9-10-11-12-13-14-20-22-16-18-23(20,5-2)17-15-21-19(3)24/h8-9,16,20H,4-7,10-15,17-18H2,1-3H3/p+1/b9-8+. The van der Waals surface area contributed by atoms with E-state index >= 15 is 0 Å². The molecule has 24 heavy (non-hydrogen) atoms. The molecule has 1 rings (SSSR count). The van der Waals surface area contributed by atoms with Gasteiger partial charge in [0.05, 0.1) is 25.8 Å². The molecule has 1 heterocycles. The first-order valence-corrected chi connectivity index (χ1v) is 9.91. The van der Waals surface area contributed by atoms with Crippen LogP contribution in [0.4, 0.5) is 0 Å². The Kier molecular flexibility index (Phi) is 10.6. The van der Waals surface area contributed by atoms with Gasteiger partial charge < -0.3 is 5.32 Å². The third-order valence-electron chi connectivity index (χ3n) is 5.14. The van der Waals surface area contributed by atoms with Crippen molar-refractivity contribution in [3.63, 3.8) is 0 Å². The molecule has 0 spiro atoms. The predicted octanol–water partition coefficient (Wildman–Crippen LogP) is 4.07. The van der Waals surface area contributed by atoms with Crippen LogP contribution in [0.25, 0.3) is 0 Å². The summed E-state index contributed by atoms with van der Waals surface area (Å²) in [5.74, 6) is 0.0629. The van der Waals surface area contributed by atoms with Crippen molar-refractivity contribution in [2.24, 2.45) is 4.99 Å². The lowest BCUT2D eigenvalue weighted by atomic mass is 10.1. The SMILES string of the molecule is CCCC/C=C/CCCCCC1N=CC[N+]1(CC)CCNC(C)=O. The highest BCUT2D eigenvalue weighted by atomic mass is 16.1. The molecule has 0 fully saturated rings. The molecule has 4 heteroatoms. The van der Waals surface area contributed by atoms with Gasteiger partial charge >= 0.3 is 0 Å². The second-order valence-electron chi connectivity index (χ2n) is 6.99. The quantitative estimate of drug-likeness (QED) is 0.307. The molecular formula is C20H38N3O+. The van der Waals surface area contributed by atoms with Gasteiger partial charge in [0.25, 0.3) is 0 Å². The lowest BCUT2D eigenvalue weighted by Crippen LogP contribution is -2.55. The number of unbranched alkanes of at least 4 members (excludes halogenated alkanes) is 5. The van der Waals surface area contributed by atoms with E-state index in [1.165, 1.54) is 51.4 Å². The summed E-state index contributed by atoms with van der Waals surface area (Å²) < 4.78 is 1.01. The first kappa shape index (κ1) is 20.9. The maximum Gasteiger partial charge on any atom is 0.217 e. The number of quaternary nitrogens is 1. The van der Waals surface area contributed by atoms with Crippen LogP contribution in [-0.4, -0.2) is 48.9 Å². The first-order chi connectivity index (χ1) is 11.6. The maximum atomic E-state index is 11.1. The highest BCUT2D eigenvalue weighted by Gasteiger charge is 2.37. The Bertz CT molecular complexity index is 406. The Labute approximate surface area is 149 Å². The number of amides is 1. The number of nitrogens with one attached hydrogen (secondary N) is 1. The molecule has 4 nitrogen and oxygen atoms in total. The van der Waals surface area contributed by atoms with Gasteiger partial charge in [-0.3, -0.25) is 9.28 Å². The largest absolute Gasteiger partial charge is 0.351 e. The van der Waals surface area contributed by atoms with E-state index in [0.29, 0.717) is 6.17 Å². The van der Waals surface area contributed by atoms with E-state index < -0.39 is 0 Å². The summed E-state index contributed by atoms with van der Waals surface area (Å²) in [4.78, 5) is 15.8. The van der Waals surface area contributed by atoms with E-state index in [9.17, 15) is 4.79 Å². The van der Waals surface area contributed by atoms with Crippen molar-refractivity contribution in [2.45, 2.75) is 78.3 Å². The molecule has 1 amide bonds. The van der Waals surface area contributed by atoms with Crippen molar-refractivity contribution in [2.75, 3.05) is 26.2 Å². The molecule has 2 unspecified atom stereocenters. The van der Waals surface area contributed by atoms with Crippen LogP contribution in [0.15, 0.2) is 17.1 Å². The number of rotatable bonds is 13. The Morgan fingerprint density at radius 2 is 1.96 bits per heavy atom. The Hall–Kier alpha value is -1.16. The third-order valence-corrected chi connectivity index (χ3v) is 5.14. The minimum absolute atomic E-state index is 0.0629. The molecule has 138 valence electrons. The predicted molar refractivity (Wildman–Crippen MR) is 103 cm³/mol. The lowest BCUT2D eigenvalue weighted by Gasteiger charge is -2.38. The zero-order chi connectivity index (χ0) is 17.7. The normalized spacial score (nSPS) is 23.2. The minimum atomic E-state index is 0.0629. The molecule has 0 saturated carbocycles. The molecule has 0 aromatic rings. The molecule has 0 aromatic carbocycles. The second-order valence-corrected chi connectivity index (χ2v) is 6.99. The number of hydrogen-bond donors (Lipinski definition) is 1. The minimum Gasteiger partial charge on any atom is -0.351 e. The van der Waals surface area contributed by atoms with E-state index in [1.807, 2.05) is 0 Å². The number of aliphatic imine (C=N–C) groups is 1. The summed E-state index contributed by atoms with van der Waals surface area (Å²) >= 11 is 0. The summed E-state index contributed by atoms with van der Waals surface area (Å²) in [6.45, 7) is 9.92. The van der Waals surface area contributed by atoms with Crippen LogP contribution in [0.5, 0.6) is 0 Å². The van der Waals surface area contributed by atoms with E-state index in [4.69, 9.17) is 4.99 Å². The van der Waals surface area contributed by atoms with E-state index in [0.717, 1.165) is 30.7 Å². The van der Waals surface area contributed by atoms with Crippen LogP contribution < -0.4 is 5.32 Å². The molecule has 0 aromatic heterocycles. The zero-order valence-corrected chi connectivity index (χ0v) is 16.1. The van der Waals surface area contributed by atoms with E-state index in [-0.39, 0.29) is 5.91 Å². The molecule has 0 saturated heterocycles. The van der Waals surface area contributed by atoms with Gasteiger partial charge in [0.1, 0.15) is 6.54 Å². The Balaban J connectivity index is 2.23. The molecule has 2 atom stereocenters. The Morgan fingerprint density at radius 3 is 2.62 bits per heavy atom. The van der Waals surface area contributed by atoms with Crippen molar-refractivity contribution in [3.8, 4) is 0 Å². The Morgan fingerprint density at radius 1 is 1.21 bits per heavy atom. The van der Waals surface area contributed by atoms with Crippen molar-refractivity contribution in [3.05, 3.63) is 12.2 Å². The first-order valence-electron chi connectivity index (χ1n) is 9.91. The van der Waals surface area contributed by atoms with Crippen LogP contribution in [0.2, 0.25) is 0 Å². The van der Waals surface area contributed by atoms with Gasteiger partial charge in [-0.25, -0.2) is 4.99 Å². The van der Waals surface area contributed by atoms with Gasteiger partial charge in [-0.05, 0) is 32.6 Å². The summed E-state index contributed by atoms with van der Waals surface area (Å²) in [7, 11) is 0. The average Bonchev–Trinajstić information content (AvgIpc) is 2.96. The van der Waals surface area contributed by atoms with Gasteiger partial charge in [-0.1, -0.05) is 38.3 Å². The van der Waals surface area contributed by atoms with Crippen molar-refractivity contribution in [1.29, 1.82) is 0 Å². The summed E-state index contributed by atoms with van der Waals surface area (Å²) in [5.41, 5.74) is 0. The van der Waals surface area contributed by atoms with Crippen LogP contribution in [0.3, 0.4) is 0 Å². The van der Waals surface area contributed by atoms with Crippen LogP contribution in [0, 0.1) is 0 Å². The van der Waals surface area contributed by atoms with Gasteiger partial charge in [-0.15, -0.1) is 0 Å². The van der Waals surface area contributed by atoms with E-state index in [1.54, 1.807) is 6.92 Å². The molecule has 0 bridgehead atoms.